The SMILES string of the molecule is CN(C)CCOCCNCc1ccc(/C(N)=N/O)cc1F. The number of nitrogens with zero attached hydrogens (tertiary/aromatic N) is 2. The van der Waals surface area contributed by atoms with Gasteiger partial charge >= 0.3 is 0 Å². The Morgan fingerprint density at radius 3 is 2.81 bits per heavy atom. The molecule has 0 spiro atoms. The second-order valence-corrected chi connectivity index (χ2v) is 4.88. The molecular weight excluding hydrogens is 275 g/mol. The molecule has 1 aromatic rings. The van der Waals surface area contributed by atoms with Gasteiger partial charge in [-0.2, -0.15) is 0 Å². The average Bonchev–Trinajstić information content (AvgIpc) is 2.46. The van der Waals surface area contributed by atoms with Crippen LogP contribution in [0.1, 0.15) is 11.1 Å². The Bertz CT molecular complexity index is 466. The van der Waals surface area contributed by atoms with E-state index in [9.17, 15) is 4.39 Å². The zero-order valence-corrected chi connectivity index (χ0v) is 12.5. The van der Waals surface area contributed by atoms with Gasteiger partial charge in [0.25, 0.3) is 0 Å². The van der Waals surface area contributed by atoms with Crippen molar-refractivity contribution in [2.75, 3.05) is 40.4 Å². The van der Waals surface area contributed by atoms with Gasteiger partial charge in [-0.15, -0.1) is 0 Å². The molecule has 0 bridgehead atoms. The third kappa shape index (κ3) is 6.52. The molecule has 0 atom stereocenters. The Morgan fingerprint density at radius 2 is 2.19 bits per heavy atom. The largest absolute Gasteiger partial charge is 0.409 e. The molecule has 0 aliphatic rings. The number of hydrogen-bond acceptors (Lipinski definition) is 5. The summed E-state index contributed by atoms with van der Waals surface area (Å²) in [6, 6.07) is 4.48. The Labute approximate surface area is 124 Å². The number of halogens is 1. The predicted molar refractivity (Wildman–Crippen MR) is 80.0 cm³/mol. The third-order valence-electron chi connectivity index (χ3n) is 2.88. The van der Waals surface area contributed by atoms with Gasteiger partial charge in [0.05, 0.1) is 13.2 Å². The number of oxime groups is 1. The molecule has 0 aliphatic heterocycles. The lowest BCUT2D eigenvalue weighted by Crippen LogP contribution is -2.23. The van der Waals surface area contributed by atoms with Gasteiger partial charge in [0.15, 0.2) is 5.84 Å². The first-order valence-corrected chi connectivity index (χ1v) is 6.74. The number of ether oxygens (including phenoxy) is 1. The van der Waals surface area contributed by atoms with Crippen molar-refractivity contribution in [1.29, 1.82) is 0 Å². The van der Waals surface area contributed by atoms with Crippen molar-refractivity contribution in [3.8, 4) is 0 Å². The van der Waals surface area contributed by atoms with Gasteiger partial charge in [0.2, 0.25) is 0 Å². The predicted octanol–water partition coefficient (Wildman–Crippen LogP) is 0.588. The van der Waals surface area contributed by atoms with E-state index in [0.717, 1.165) is 6.54 Å². The van der Waals surface area contributed by atoms with Crippen LogP contribution in [-0.2, 0) is 11.3 Å². The Balaban J connectivity index is 2.30. The highest BCUT2D eigenvalue weighted by Crippen LogP contribution is 2.10. The summed E-state index contributed by atoms with van der Waals surface area (Å²) >= 11 is 0. The number of benzene rings is 1. The van der Waals surface area contributed by atoms with E-state index in [-0.39, 0.29) is 11.7 Å². The summed E-state index contributed by atoms with van der Waals surface area (Å²) in [6.45, 7) is 3.19. The highest BCUT2D eigenvalue weighted by molar-refractivity contribution is 5.97. The van der Waals surface area contributed by atoms with Gasteiger partial charge in [-0.05, 0) is 20.2 Å². The standard InChI is InChI=1S/C14H23FN4O2/c1-19(2)6-8-21-7-5-17-10-12-4-3-11(9-13(12)15)14(16)18-20/h3-4,9,17,20H,5-8,10H2,1-2H3,(H2,16,18). The average molecular weight is 298 g/mol. The number of likely N-dealkylation sites (N-methyl/N-ethyl adjacent to an activating group) is 1. The summed E-state index contributed by atoms with van der Waals surface area (Å²) < 4.78 is 19.2. The molecule has 0 amide bonds. The van der Waals surface area contributed by atoms with Gasteiger partial charge in [0.1, 0.15) is 5.82 Å². The summed E-state index contributed by atoms with van der Waals surface area (Å²) in [6.07, 6.45) is 0. The summed E-state index contributed by atoms with van der Waals surface area (Å²) in [5.41, 5.74) is 6.28. The molecule has 0 heterocycles. The number of nitrogens with one attached hydrogen (secondary N) is 1. The maximum atomic E-state index is 13.8. The van der Waals surface area contributed by atoms with Crippen LogP contribution in [0.2, 0.25) is 0 Å². The second kappa shape index (κ2) is 9.28. The van der Waals surface area contributed by atoms with Crippen molar-refractivity contribution in [3.05, 3.63) is 35.1 Å². The van der Waals surface area contributed by atoms with Crippen molar-refractivity contribution >= 4 is 5.84 Å². The van der Waals surface area contributed by atoms with Gasteiger partial charge in [0, 0.05) is 30.8 Å². The van der Waals surface area contributed by atoms with Crippen LogP contribution in [0.4, 0.5) is 4.39 Å². The minimum absolute atomic E-state index is 0.109. The van der Waals surface area contributed by atoms with Crippen LogP contribution in [0.15, 0.2) is 23.4 Å². The topological polar surface area (TPSA) is 83.1 Å². The molecule has 0 saturated carbocycles. The maximum Gasteiger partial charge on any atom is 0.170 e. The van der Waals surface area contributed by atoms with Crippen LogP contribution in [0, 0.1) is 5.82 Å². The van der Waals surface area contributed by atoms with Gasteiger partial charge in [-0.1, -0.05) is 17.3 Å². The van der Waals surface area contributed by atoms with E-state index in [0.29, 0.717) is 37.4 Å². The highest BCUT2D eigenvalue weighted by atomic mass is 19.1. The van der Waals surface area contributed by atoms with Gasteiger partial charge in [-0.3, -0.25) is 0 Å². The monoisotopic (exact) mass is 298 g/mol. The van der Waals surface area contributed by atoms with E-state index in [4.69, 9.17) is 15.7 Å². The fourth-order valence-corrected chi connectivity index (χ4v) is 1.62. The van der Waals surface area contributed by atoms with Gasteiger partial charge in [-0.25, -0.2) is 4.39 Å². The number of hydrogen-bond donors (Lipinski definition) is 3. The molecule has 1 rings (SSSR count). The molecule has 118 valence electrons. The smallest absolute Gasteiger partial charge is 0.170 e. The molecule has 21 heavy (non-hydrogen) atoms. The van der Waals surface area contributed by atoms with Crippen molar-refractivity contribution in [2.45, 2.75) is 6.54 Å². The Hall–Kier alpha value is -1.70. The quantitative estimate of drug-likeness (QED) is 0.204. The normalized spacial score (nSPS) is 12.1. The summed E-state index contributed by atoms with van der Waals surface area (Å²) in [4.78, 5) is 2.05. The molecule has 0 aromatic heterocycles. The maximum absolute atomic E-state index is 13.8. The number of nitrogens with two attached hydrogens (primary N) is 1. The minimum atomic E-state index is -0.389. The van der Waals surface area contributed by atoms with Crippen molar-refractivity contribution in [3.63, 3.8) is 0 Å². The van der Waals surface area contributed by atoms with E-state index in [1.807, 2.05) is 19.0 Å². The Morgan fingerprint density at radius 1 is 1.43 bits per heavy atom. The van der Waals surface area contributed by atoms with E-state index >= 15 is 0 Å². The van der Waals surface area contributed by atoms with E-state index in [2.05, 4.69) is 10.5 Å². The van der Waals surface area contributed by atoms with Crippen molar-refractivity contribution in [2.24, 2.45) is 10.9 Å². The van der Waals surface area contributed by atoms with Crippen molar-refractivity contribution in [1.82, 2.24) is 10.2 Å². The van der Waals surface area contributed by atoms with E-state index in [1.165, 1.54) is 6.07 Å². The first-order valence-electron chi connectivity index (χ1n) is 6.74. The molecule has 0 radical (unpaired) electrons. The van der Waals surface area contributed by atoms with Crippen LogP contribution in [0.5, 0.6) is 0 Å². The molecule has 0 saturated heterocycles. The molecule has 4 N–H and O–H groups in total. The molecule has 0 aliphatic carbocycles. The van der Waals surface area contributed by atoms with Crippen LogP contribution < -0.4 is 11.1 Å². The zero-order chi connectivity index (χ0) is 15.7. The van der Waals surface area contributed by atoms with Crippen LogP contribution in [0.25, 0.3) is 0 Å². The fraction of sp³-hybridized carbons (Fsp3) is 0.500. The molecule has 6 nitrogen and oxygen atoms in total. The molecule has 0 fully saturated rings. The van der Waals surface area contributed by atoms with Gasteiger partial charge < -0.3 is 25.9 Å². The fourth-order valence-electron chi connectivity index (χ4n) is 1.62. The first-order chi connectivity index (χ1) is 10.0. The van der Waals surface area contributed by atoms with E-state index < -0.39 is 0 Å². The lowest BCUT2D eigenvalue weighted by molar-refractivity contribution is 0.119. The van der Waals surface area contributed by atoms with E-state index in [1.54, 1.807) is 12.1 Å². The Kier molecular flexibility index (Phi) is 7.66. The molecule has 1 aromatic carbocycles. The summed E-state index contributed by atoms with van der Waals surface area (Å²) in [5, 5.41) is 14.5. The zero-order valence-electron chi connectivity index (χ0n) is 12.5. The molecule has 7 heteroatoms. The van der Waals surface area contributed by atoms with Crippen LogP contribution >= 0.6 is 0 Å². The lowest BCUT2D eigenvalue weighted by Gasteiger charge is -2.10. The van der Waals surface area contributed by atoms with Crippen molar-refractivity contribution < 1.29 is 14.3 Å². The highest BCUT2D eigenvalue weighted by Gasteiger charge is 2.06. The first kappa shape index (κ1) is 17.4. The number of rotatable bonds is 9. The van der Waals surface area contributed by atoms with Crippen LogP contribution in [-0.4, -0.2) is 56.3 Å². The summed E-state index contributed by atoms with van der Waals surface area (Å²) in [5.74, 6) is -0.497. The van der Waals surface area contributed by atoms with Crippen LogP contribution in [0.3, 0.4) is 0 Å². The minimum Gasteiger partial charge on any atom is -0.409 e. The third-order valence-corrected chi connectivity index (χ3v) is 2.88. The summed E-state index contributed by atoms with van der Waals surface area (Å²) in [7, 11) is 3.98. The lowest BCUT2D eigenvalue weighted by atomic mass is 10.1. The molecular formula is C14H23FN4O2. The molecule has 0 unspecified atom stereocenters. The second-order valence-electron chi connectivity index (χ2n) is 4.88. The number of amidine groups is 1.